The molecule has 2 aromatic heterocycles. The Morgan fingerprint density at radius 3 is 2.62 bits per heavy atom. The molecule has 2 heterocycles. The van der Waals surface area contributed by atoms with Crippen LogP contribution in [0.15, 0.2) is 69.9 Å². The summed E-state index contributed by atoms with van der Waals surface area (Å²) in [5, 5.41) is 2.97. The molecular formula is C25H21ClFN3O3S. The van der Waals surface area contributed by atoms with Crippen molar-refractivity contribution < 1.29 is 13.6 Å². The second-order valence-corrected chi connectivity index (χ2v) is 9.02. The van der Waals surface area contributed by atoms with Gasteiger partial charge in [-0.2, -0.15) is 0 Å². The molecule has 3 aromatic carbocycles. The Morgan fingerprint density at radius 1 is 1.03 bits per heavy atom. The molecule has 0 saturated heterocycles. The largest absolute Gasteiger partial charge is 0.422 e. The number of thiazole rings is 1. The topological polar surface area (TPSA) is 66.7 Å². The predicted molar refractivity (Wildman–Crippen MR) is 137 cm³/mol. The fourth-order valence-corrected chi connectivity index (χ4v) is 4.77. The van der Waals surface area contributed by atoms with Gasteiger partial charge in [0.25, 0.3) is 5.91 Å². The average Bonchev–Trinajstić information content (AvgIpc) is 3.21. The second-order valence-electron chi connectivity index (χ2n) is 8.01. The van der Waals surface area contributed by atoms with Crippen molar-refractivity contribution in [2.75, 3.05) is 32.1 Å². The molecule has 1 amide bonds. The molecule has 0 spiro atoms. The Bertz CT molecular complexity index is 1580. The van der Waals surface area contributed by atoms with E-state index in [2.05, 4.69) is 4.98 Å². The summed E-state index contributed by atoms with van der Waals surface area (Å²) in [4.78, 5) is 34.4. The highest BCUT2D eigenvalue weighted by molar-refractivity contribution is 7.22. The summed E-state index contributed by atoms with van der Waals surface area (Å²) < 4.78 is 19.8. The molecular weight excluding hydrogens is 477 g/mol. The Labute approximate surface area is 204 Å². The summed E-state index contributed by atoms with van der Waals surface area (Å²) >= 11 is 1.21. The number of nitrogens with zero attached hydrogens (tertiary/aromatic N) is 3. The Kier molecular flexibility index (Phi) is 6.65. The van der Waals surface area contributed by atoms with Gasteiger partial charge in [-0.1, -0.05) is 41.7 Å². The monoisotopic (exact) mass is 497 g/mol. The number of amides is 1. The number of anilines is 1. The molecule has 0 bridgehead atoms. The van der Waals surface area contributed by atoms with Gasteiger partial charge in [-0.15, -0.1) is 12.4 Å². The molecule has 5 aromatic rings. The number of likely N-dealkylation sites (N-methyl/N-ethyl adjacent to an activating group) is 1. The third-order valence-electron chi connectivity index (χ3n) is 5.46. The first-order chi connectivity index (χ1) is 15.9. The first-order valence-electron chi connectivity index (χ1n) is 10.4. The van der Waals surface area contributed by atoms with Crippen molar-refractivity contribution in [3.05, 3.63) is 82.5 Å². The van der Waals surface area contributed by atoms with Gasteiger partial charge in [0.2, 0.25) is 0 Å². The predicted octanol–water partition coefficient (Wildman–Crippen LogP) is 5.33. The molecule has 0 aliphatic rings. The first-order valence-corrected chi connectivity index (χ1v) is 11.2. The van der Waals surface area contributed by atoms with E-state index >= 15 is 0 Å². The van der Waals surface area contributed by atoms with E-state index in [-0.39, 0.29) is 23.8 Å². The van der Waals surface area contributed by atoms with Crippen LogP contribution in [0.3, 0.4) is 0 Å². The zero-order valence-corrected chi connectivity index (χ0v) is 20.1. The van der Waals surface area contributed by atoms with Crippen molar-refractivity contribution in [1.82, 2.24) is 9.88 Å². The number of rotatable bonds is 5. The number of benzene rings is 3. The summed E-state index contributed by atoms with van der Waals surface area (Å²) in [6.45, 7) is 0.860. The number of hydrogen-bond acceptors (Lipinski definition) is 6. The second kappa shape index (κ2) is 9.50. The van der Waals surface area contributed by atoms with Crippen molar-refractivity contribution in [3.63, 3.8) is 0 Å². The molecule has 0 atom stereocenters. The minimum atomic E-state index is -0.704. The van der Waals surface area contributed by atoms with Crippen molar-refractivity contribution in [1.29, 1.82) is 0 Å². The van der Waals surface area contributed by atoms with Gasteiger partial charge in [0.15, 0.2) is 5.13 Å². The molecule has 6 nitrogen and oxygen atoms in total. The molecule has 0 aliphatic heterocycles. The van der Waals surface area contributed by atoms with Crippen LogP contribution in [-0.4, -0.2) is 43.0 Å². The molecule has 0 aliphatic carbocycles. The van der Waals surface area contributed by atoms with E-state index in [4.69, 9.17) is 4.42 Å². The van der Waals surface area contributed by atoms with Gasteiger partial charge >= 0.3 is 5.63 Å². The van der Waals surface area contributed by atoms with E-state index in [1.807, 2.05) is 49.3 Å². The van der Waals surface area contributed by atoms with Crippen LogP contribution in [0.1, 0.15) is 10.4 Å². The third-order valence-corrected chi connectivity index (χ3v) is 6.50. The molecule has 174 valence electrons. The highest BCUT2D eigenvalue weighted by Crippen LogP contribution is 2.31. The number of carbonyl (C=O) groups is 1. The minimum Gasteiger partial charge on any atom is -0.422 e. The Hall–Kier alpha value is -3.33. The van der Waals surface area contributed by atoms with E-state index in [0.29, 0.717) is 39.4 Å². The lowest BCUT2D eigenvalue weighted by atomic mass is 10.0. The van der Waals surface area contributed by atoms with Crippen LogP contribution >= 0.6 is 23.7 Å². The van der Waals surface area contributed by atoms with Crippen LogP contribution in [0.5, 0.6) is 0 Å². The van der Waals surface area contributed by atoms with E-state index in [9.17, 15) is 14.0 Å². The molecule has 0 radical (unpaired) electrons. The van der Waals surface area contributed by atoms with Gasteiger partial charge in [0.1, 0.15) is 17.0 Å². The third kappa shape index (κ3) is 4.40. The van der Waals surface area contributed by atoms with Crippen LogP contribution in [0.4, 0.5) is 9.52 Å². The van der Waals surface area contributed by atoms with Crippen molar-refractivity contribution in [2.24, 2.45) is 0 Å². The quantitative estimate of drug-likeness (QED) is 0.243. The van der Waals surface area contributed by atoms with E-state index in [1.165, 1.54) is 28.4 Å². The van der Waals surface area contributed by atoms with E-state index in [1.54, 1.807) is 18.2 Å². The molecule has 0 fully saturated rings. The van der Waals surface area contributed by atoms with Crippen molar-refractivity contribution in [2.45, 2.75) is 0 Å². The zero-order valence-electron chi connectivity index (χ0n) is 18.4. The summed E-state index contributed by atoms with van der Waals surface area (Å²) in [5.41, 5.74) is 0.244. The lowest BCUT2D eigenvalue weighted by Gasteiger charge is -2.21. The number of halogens is 2. The van der Waals surface area contributed by atoms with E-state index < -0.39 is 11.5 Å². The lowest BCUT2D eigenvalue weighted by Crippen LogP contribution is -2.38. The summed E-state index contributed by atoms with van der Waals surface area (Å²) in [6, 6.07) is 17.2. The summed E-state index contributed by atoms with van der Waals surface area (Å²) in [5.74, 6) is -0.870. The molecule has 0 unspecified atom stereocenters. The highest BCUT2D eigenvalue weighted by Gasteiger charge is 2.25. The maximum Gasteiger partial charge on any atom is 0.349 e. The number of aromatic nitrogens is 1. The van der Waals surface area contributed by atoms with Gasteiger partial charge in [-0.25, -0.2) is 14.2 Å². The SMILES string of the molecule is CN(C)CCN(C(=O)c1cc2c(ccc3ccccc32)oc1=O)c1nc2ccc(F)cc2s1.Cl. The van der Waals surface area contributed by atoms with E-state index in [0.717, 1.165) is 10.8 Å². The molecule has 34 heavy (non-hydrogen) atoms. The van der Waals surface area contributed by atoms with Gasteiger partial charge < -0.3 is 9.32 Å². The smallest absolute Gasteiger partial charge is 0.349 e. The van der Waals surface area contributed by atoms with Crippen LogP contribution in [-0.2, 0) is 0 Å². The first kappa shape index (κ1) is 23.8. The fourth-order valence-electron chi connectivity index (χ4n) is 3.75. The standard InChI is InChI=1S/C25H20FN3O3S.ClH/c1-28(2)11-12-29(25-27-20-9-8-16(26)13-22(20)33-25)23(30)19-14-18-17-6-4-3-5-15(17)7-10-21(18)32-24(19)31;/h3-10,13-14H,11-12H2,1-2H3;1H. The molecule has 0 N–H and O–H groups in total. The fraction of sp³-hybridized carbons (Fsp3) is 0.160. The maximum atomic E-state index is 13.7. The van der Waals surface area contributed by atoms with Crippen molar-refractivity contribution in [3.8, 4) is 0 Å². The normalized spacial score (nSPS) is 11.3. The van der Waals surface area contributed by atoms with Crippen LogP contribution in [0.25, 0.3) is 32.0 Å². The highest BCUT2D eigenvalue weighted by atomic mass is 35.5. The van der Waals surface area contributed by atoms with Crippen molar-refractivity contribution >= 4 is 66.7 Å². The molecule has 0 saturated carbocycles. The van der Waals surface area contributed by atoms with Gasteiger partial charge in [0.05, 0.1) is 10.2 Å². The average molecular weight is 498 g/mol. The number of hydrogen-bond donors (Lipinski definition) is 0. The molecule has 9 heteroatoms. The zero-order chi connectivity index (χ0) is 23.1. The number of fused-ring (bicyclic) bond motifs is 4. The summed E-state index contributed by atoms with van der Waals surface area (Å²) in [7, 11) is 3.79. The Balaban J connectivity index is 0.00000274. The van der Waals surface area contributed by atoms with Gasteiger partial charge in [-0.3, -0.25) is 9.69 Å². The Morgan fingerprint density at radius 2 is 1.82 bits per heavy atom. The molecule has 5 rings (SSSR count). The summed E-state index contributed by atoms with van der Waals surface area (Å²) in [6.07, 6.45) is 0. The lowest BCUT2D eigenvalue weighted by molar-refractivity contribution is 0.0982. The maximum absolute atomic E-state index is 13.7. The minimum absolute atomic E-state index is 0. The van der Waals surface area contributed by atoms with Gasteiger partial charge in [0, 0.05) is 18.5 Å². The van der Waals surface area contributed by atoms with Crippen LogP contribution in [0.2, 0.25) is 0 Å². The van der Waals surface area contributed by atoms with Crippen LogP contribution in [0, 0.1) is 5.82 Å². The number of carbonyl (C=O) groups excluding carboxylic acids is 1. The van der Waals surface area contributed by atoms with Gasteiger partial charge in [-0.05, 0) is 55.2 Å². The van der Waals surface area contributed by atoms with Crippen LogP contribution < -0.4 is 10.5 Å².